The molecule has 0 spiro atoms. The van der Waals surface area contributed by atoms with E-state index in [0.717, 1.165) is 71.2 Å². The summed E-state index contributed by atoms with van der Waals surface area (Å²) in [6.45, 7) is 12.7. The molecule has 0 aromatic carbocycles. The average molecular weight is 383 g/mol. The average Bonchev–Trinajstić information content (AvgIpc) is 2.73. The first-order chi connectivity index (χ1) is 13.3. The van der Waals surface area contributed by atoms with Crippen LogP contribution >= 0.6 is 0 Å². The standard InChI is InChI=1S/C21H42N4O2/c1-4-24(5-2)14-8-7-13-23-21(22-3)25-15-11-19(12-16-25)27-18-20-10-6-9-17-26-20/h19-20H,4-18H2,1-3H3,(H,22,23). The van der Waals surface area contributed by atoms with Crippen molar-refractivity contribution in [2.24, 2.45) is 4.99 Å². The Morgan fingerprint density at radius 3 is 2.56 bits per heavy atom. The highest BCUT2D eigenvalue weighted by Gasteiger charge is 2.23. The molecule has 2 rings (SSSR count). The minimum Gasteiger partial charge on any atom is -0.376 e. The molecule has 0 amide bonds. The topological polar surface area (TPSA) is 49.3 Å². The van der Waals surface area contributed by atoms with Gasteiger partial charge in [-0.05, 0) is 64.6 Å². The number of guanidine groups is 1. The van der Waals surface area contributed by atoms with E-state index in [-0.39, 0.29) is 0 Å². The molecule has 2 aliphatic rings. The van der Waals surface area contributed by atoms with Crippen molar-refractivity contribution in [3.63, 3.8) is 0 Å². The molecule has 0 radical (unpaired) electrons. The lowest BCUT2D eigenvalue weighted by molar-refractivity contribution is -0.0721. The smallest absolute Gasteiger partial charge is 0.193 e. The van der Waals surface area contributed by atoms with Crippen LogP contribution in [0, 0.1) is 0 Å². The van der Waals surface area contributed by atoms with Crippen LogP contribution in [-0.2, 0) is 9.47 Å². The van der Waals surface area contributed by atoms with Crippen molar-refractivity contribution >= 4 is 5.96 Å². The van der Waals surface area contributed by atoms with Gasteiger partial charge in [-0.15, -0.1) is 0 Å². The number of nitrogens with one attached hydrogen (secondary N) is 1. The molecule has 0 saturated carbocycles. The summed E-state index contributed by atoms with van der Waals surface area (Å²) in [6, 6.07) is 0. The van der Waals surface area contributed by atoms with E-state index >= 15 is 0 Å². The Labute approximate surface area is 166 Å². The molecule has 27 heavy (non-hydrogen) atoms. The minimum absolute atomic E-state index is 0.322. The SMILES string of the molecule is CCN(CC)CCCCNC(=NC)N1CCC(OCC2CCCCO2)CC1. The second kappa shape index (κ2) is 13.3. The summed E-state index contributed by atoms with van der Waals surface area (Å²) in [5.74, 6) is 1.05. The van der Waals surface area contributed by atoms with Crippen molar-refractivity contribution in [2.75, 3.05) is 59.5 Å². The molecule has 1 unspecified atom stereocenters. The van der Waals surface area contributed by atoms with Gasteiger partial charge < -0.3 is 24.6 Å². The zero-order chi connectivity index (χ0) is 19.3. The summed E-state index contributed by atoms with van der Waals surface area (Å²) in [7, 11) is 1.89. The Morgan fingerprint density at radius 1 is 1.15 bits per heavy atom. The van der Waals surface area contributed by atoms with Gasteiger partial charge in [0.25, 0.3) is 0 Å². The molecule has 0 aliphatic carbocycles. The molecule has 0 aromatic rings. The molecule has 2 fully saturated rings. The maximum absolute atomic E-state index is 6.12. The van der Waals surface area contributed by atoms with Crippen LogP contribution in [-0.4, -0.2) is 87.5 Å². The number of unbranched alkanes of at least 4 members (excludes halogenated alkanes) is 1. The lowest BCUT2D eigenvalue weighted by Gasteiger charge is -2.35. The monoisotopic (exact) mass is 382 g/mol. The maximum Gasteiger partial charge on any atom is 0.193 e. The predicted octanol–water partition coefficient (Wildman–Crippen LogP) is 2.73. The van der Waals surface area contributed by atoms with Crippen LogP contribution < -0.4 is 5.32 Å². The van der Waals surface area contributed by atoms with Crippen LogP contribution in [0.15, 0.2) is 4.99 Å². The van der Waals surface area contributed by atoms with Gasteiger partial charge >= 0.3 is 0 Å². The van der Waals surface area contributed by atoms with Gasteiger partial charge in [0.1, 0.15) is 0 Å². The fraction of sp³-hybridized carbons (Fsp3) is 0.952. The van der Waals surface area contributed by atoms with Crippen LogP contribution in [0.1, 0.15) is 58.8 Å². The van der Waals surface area contributed by atoms with Gasteiger partial charge in [-0.25, -0.2) is 0 Å². The number of likely N-dealkylation sites (tertiary alicyclic amines) is 1. The van der Waals surface area contributed by atoms with E-state index in [1.807, 2.05) is 7.05 Å². The molecular weight excluding hydrogens is 340 g/mol. The molecule has 2 aliphatic heterocycles. The van der Waals surface area contributed by atoms with Crippen LogP contribution in [0.2, 0.25) is 0 Å². The third kappa shape index (κ3) is 8.36. The Kier molecular flexibility index (Phi) is 11.1. The first kappa shape index (κ1) is 22.4. The molecular formula is C21H42N4O2. The number of piperidine rings is 1. The van der Waals surface area contributed by atoms with Gasteiger partial charge in [0.15, 0.2) is 5.96 Å². The van der Waals surface area contributed by atoms with E-state index in [0.29, 0.717) is 12.2 Å². The summed E-state index contributed by atoms with van der Waals surface area (Å²) >= 11 is 0. The van der Waals surface area contributed by atoms with E-state index in [2.05, 4.69) is 34.0 Å². The number of hydrogen-bond acceptors (Lipinski definition) is 4. The highest BCUT2D eigenvalue weighted by molar-refractivity contribution is 5.79. The summed E-state index contributed by atoms with van der Waals surface area (Å²) in [5.41, 5.74) is 0. The largest absolute Gasteiger partial charge is 0.376 e. The number of aliphatic imine (C=N–C) groups is 1. The molecule has 0 bridgehead atoms. The second-order valence-electron chi connectivity index (χ2n) is 7.72. The Hall–Kier alpha value is -0.850. The maximum atomic E-state index is 6.12. The van der Waals surface area contributed by atoms with Gasteiger partial charge in [0.2, 0.25) is 0 Å². The Morgan fingerprint density at radius 2 is 1.93 bits per heavy atom. The molecule has 1 atom stereocenters. The third-order valence-corrected chi connectivity index (χ3v) is 5.82. The second-order valence-corrected chi connectivity index (χ2v) is 7.72. The van der Waals surface area contributed by atoms with E-state index < -0.39 is 0 Å². The first-order valence-corrected chi connectivity index (χ1v) is 11.2. The van der Waals surface area contributed by atoms with Crippen molar-refractivity contribution in [2.45, 2.75) is 71.0 Å². The van der Waals surface area contributed by atoms with Gasteiger partial charge in [0, 0.05) is 33.3 Å². The zero-order valence-corrected chi connectivity index (χ0v) is 17.9. The molecule has 1 N–H and O–H groups in total. The Balaban J connectivity index is 1.57. The van der Waals surface area contributed by atoms with Gasteiger partial charge in [0.05, 0.1) is 18.8 Å². The third-order valence-electron chi connectivity index (χ3n) is 5.82. The van der Waals surface area contributed by atoms with Crippen LogP contribution in [0.4, 0.5) is 0 Å². The molecule has 158 valence electrons. The quantitative estimate of drug-likeness (QED) is 0.358. The molecule has 0 aromatic heterocycles. The predicted molar refractivity (Wildman–Crippen MR) is 113 cm³/mol. The van der Waals surface area contributed by atoms with Crippen LogP contribution in [0.25, 0.3) is 0 Å². The number of hydrogen-bond donors (Lipinski definition) is 1. The number of nitrogens with zero attached hydrogens (tertiary/aromatic N) is 3. The van der Waals surface area contributed by atoms with E-state index in [1.165, 1.54) is 32.2 Å². The van der Waals surface area contributed by atoms with Crippen LogP contribution in [0.5, 0.6) is 0 Å². The molecule has 2 saturated heterocycles. The van der Waals surface area contributed by atoms with Crippen molar-refractivity contribution in [3.05, 3.63) is 0 Å². The van der Waals surface area contributed by atoms with Gasteiger partial charge in [-0.2, -0.15) is 0 Å². The summed E-state index contributed by atoms with van der Waals surface area (Å²) < 4.78 is 11.9. The summed E-state index contributed by atoms with van der Waals surface area (Å²) in [5, 5.41) is 3.54. The molecule has 2 heterocycles. The van der Waals surface area contributed by atoms with Crippen molar-refractivity contribution in [1.29, 1.82) is 0 Å². The van der Waals surface area contributed by atoms with Crippen molar-refractivity contribution in [3.8, 4) is 0 Å². The highest BCUT2D eigenvalue weighted by atomic mass is 16.5. The minimum atomic E-state index is 0.322. The molecule has 6 nitrogen and oxygen atoms in total. The number of rotatable bonds is 10. The number of ether oxygens (including phenoxy) is 2. The van der Waals surface area contributed by atoms with E-state index in [1.54, 1.807) is 0 Å². The van der Waals surface area contributed by atoms with E-state index in [9.17, 15) is 0 Å². The van der Waals surface area contributed by atoms with Crippen LogP contribution in [0.3, 0.4) is 0 Å². The van der Waals surface area contributed by atoms with Crippen molar-refractivity contribution < 1.29 is 9.47 Å². The van der Waals surface area contributed by atoms with Gasteiger partial charge in [-0.1, -0.05) is 13.8 Å². The lowest BCUT2D eigenvalue weighted by atomic mass is 10.1. The van der Waals surface area contributed by atoms with Crippen molar-refractivity contribution in [1.82, 2.24) is 15.1 Å². The lowest BCUT2D eigenvalue weighted by Crippen LogP contribution is -2.47. The van der Waals surface area contributed by atoms with E-state index in [4.69, 9.17) is 9.47 Å². The normalized spacial score (nSPS) is 22.4. The fourth-order valence-electron chi connectivity index (χ4n) is 3.95. The highest BCUT2D eigenvalue weighted by Crippen LogP contribution is 2.17. The summed E-state index contributed by atoms with van der Waals surface area (Å²) in [4.78, 5) is 9.34. The zero-order valence-electron chi connectivity index (χ0n) is 17.9. The summed E-state index contributed by atoms with van der Waals surface area (Å²) in [6.07, 6.45) is 8.93. The fourth-order valence-corrected chi connectivity index (χ4v) is 3.95. The Bertz CT molecular complexity index is 401. The first-order valence-electron chi connectivity index (χ1n) is 11.2. The van der Waals surface area contributed by atoms with Gasteiger partial charge in [-0.3, -0.25) is 4.99 Å². The molecule has 6 heteroatoms.